The van der Waals surface area contributed by atoms with Crippen LogP contribution in [0.2, 0.25) is 0 Å². The Kier molecular flexibility index (Phi) is 2.39. The Morgan fingerprint density at radius 1 is 1.40 bits per heavy atom. The molecule has 0 saturated heterocycles. The van der Waals surface area contributed by atoms with Crippen molar-refractivity contribution in [3.8, 4) is 0 Å². The van der Waals surface area contributed by atoms with Crippen molar-refractivity contribution in [3.63, 3.8) is 0 Å². The average Bonchev–Trinajstić information content (AvgIpc) is 2.59. The van der Waals surface area contributed by atoms with Crippen LogP contribution in [0.15, 0.2) is 16.5 Å². The van der Waals surface area contributed by atoms with Gasteiger partial charge in [0.2, 0.25) is 0 Å². The van der Waals surface area contributed by atoms with Crippen LogP contribution in [0.1, 0.15) is 38.1 Å². The van der Waals surface area contributed by atoms with Gasteiger partial charge in [-0.15, -0.1) is 0 Å². The number of nitrogen functional groups attached to an aromatic ring is 1. The highest BCUT2D eigenvalue weighted by Gasteiger charge is 2.12. The summed E-state index contributed by atoms with van der Waals surface area (Å²) in [4.78, 5) is 4.43. The molecule has 2 rings (SSSR count). The van der Waals surface area contributed by atoms with Crippen LogP contribution in [0, 0.1) is 0 Å². The number of aromatic nitrogens is 1. The molecule has 0 aliphatic carbocycles. The smallest absolute Gasteiger partial charge is 0.198 e. The van der Waals surface area contributed by atoms with Crippen molar-refractivity contribution in [3.05, 3.63) is 23.6 Å². The number of anilines is 1. The van der Waals surface area contributed by atoms with Crippen molar-refractivity contribution in [1.82, 2.24) is 4.98 Å². The van der Waals surface area contributed by atoms with E-state index >= 15 is 0 Å². The Labute approximate surface area is 89.3 Å². The van der Waals surface area contributed by atoms with E-state index in [1.54, 1.807) is 0 Å². The lowest BCUT2D eigenvalue weighted by Gasteiger charge is -1.99. The molecule has 2 aromatic rings. The van der Waals surface area contributed by atoms with Gasteiger partial charge >= 0.3 is 0 Å². The summed E-state index contributed by atoms with van der Waals surface area (Å²) >= 11 is 0. The molecule has 1 aromatic heterocycles. The third-order valence-corrected chi connectivity index (χ3v) is 2.48. The first-order valence-electron chi connectivity index (χ1n) is 5.30. The second-order valence-corrected chi connectivity index (χ2v) is 4.09. The summed E-state index contributed by atoms with van der Waals surface area (Å²) in [6, 6.07) is 3.82. The van der Waals surface area contributed by atoms with Gasteiger partial charge in [0.25, 0.3) is 0 Å². The molecule has 0 spiro atoms. The quantitative estimate of drug-likeness (QED) is 0.765. The third-order valence-electron chi connectivity index (χ3n) is 2.48. The molecule has 15 heavy (non-hydrogen) atoms. The number of nitrogens with zero attached hydrogens (tertiary/aromatic N) is 1. The van der Waals surface area contributed by atoms with E-state index in [9.17, 15) is 0 Å². The topological polar surface area (TPSA) is 52.0 Å². The molecular weight excluding hydrogens is 188 g/mol. The van der Waals surface area contributed by atoms with Crippen LogP contribution in [0.4, 0.5) is 5.69 Å². The van der Waals surface area contributed by atoms with Gasteiger partial charge in [0.15, 0.2) is 11.5 Å². The molecule has 0 aliphatic heterocycles. The van der Waals surface area contributed by atoms with Crippen LogP contribution in [-0.4, -0.2) is 4.98 Å². The summed E-state index contributed by atoms with van der Waals surface area (Å²) in [5, 5.41) is 0. The predicted molar refractivity (Wildman–Crippen MR) is 61.9 cm³/mol. The van der Waals surface area contributed by atoms with Crippen molar-refractivity contribution in [2.45, 2.75) is 33.1 Å². The van der Waals surface area contributed by atoms with Crippen molar-refractivity contribution in [1.29, 1.82) is 0 Å². The Morgan fingerprint density at radius 2 is 2.13 bits per heavy atom. The Bertz CT molecular complexity index is 486. The summed E-state index contributed by atoms with van der Waals surface area (Å²) in [7, 11) is 0. The fourth-order valence-electron chi connectivity index (χ4n) is 1.65. The van der Waals surface area contributed by atoms with Gasteiger partial charge < -0.3 is 10.2 Å². The number of hydrogen-bond donors (Lipinski definition) is 1. The summed E-state index contributed by atoms with van der Waals surface area (Å²) < 4.78 is 5.74. The number of nitrogens with two attached hydrogens (primary N) is 1. The van der Waals surface area contributed by atoms with Gasteiger partial charge in [-0.25, -0.2) is 4.98 Å². The van der Waals surface area contributed by atoms with E-state index in [-0.39, 0.29) is 0 Å². The lowest BCUT2D eigenvalue weighted by atomic mass is 10.1. The SMILES string of the molecule is CCc1cc(N)cc2nc(C(C)C)oc12. The van der Waals surface area contributed by atoms with Gasteiger partial charge in [-0.1, -0.05) is 20.8 Å². The highest BCUT2D eigenvalue weighted by atomic mass is 16.3. The molecule has 0 unspecified atom stereocenters. The molecule has 0 amide bonds. The minimum absolute atomic E-state index is 0.309. The first-order chi connectivity index (χ1) is 7.11. The number of fused-ring (bicyclic) bond motifs is 1. The summed E-state index contributed by atoms with van der Waals surface area (Å²) in [6.45, 7) is 6.23. The van der Waals surface area contributed by atoms with Gasteiger partial charge in [-0.3, -0.25) is 0 Å². The van der Waals surface area contributed by atoms with Crippen LogP contribution in [0.5, 0.6) is 0 Å². The highest BCUT2D eigenvalue weighted by Crippen LogP contribution is 2.26. The fourth-order valence-corrected chi connectivity index (χ4v) is 1.65. The zero-order chi connectivity index (χ0) is 11.0. The van der Waals surface area contributed by atoms with E-state index in [2.05, 4.69) is 25.8 Å². The first-order valence-corrected chi connectivity index (χ1v) is 5.30. The van der Waals surface area contributed by atoms with E-state index in [0.717, 1.165) is 34.7 Å². The van der Waals surface area contributed by atoms with Crippen LogP contribution in [0.3, 0.4) is 0 Å². The standard InChI is InChI=1S/C12H16N2O/c1-4-8-5-9(13)6-10-11(8)15-12(14-10)7(2)3/h5-7H,4,13H2,1-3H3. The molecule has 3 heteroatoms. The molecule has 2 N–H and O–H groups in total. The number of hydrogen-bond acceptors (Lipinski definition) is 3. The van der Waals surface area contributed by atoms with E-state index in [4.69, 9.17) is 10.2 Å². The normalized spacial score (nSPS) is 11.5. The Hall–Kier alpha value is -1.51. The molecule has 1 heterocycles. The molecule has 0 atom stereocenters. The van der Waals surface area contributed by atoms with E-state index < -0.39 is 0 Å². The van der Waals surface area contributed by atoms with E-state index in [1.165, 1.54) is 0 Å². The number of oxazole rings is 1. The van der Waals surface area contributed by atoms with Gasteiger partial charge in [-0.2, -0.15) is 0 Å². The lowest BCUT2D eigenvalue weighted by Crippen LogP contribution is -1.88. The van der Waals surface area contributed by atoms with Crippen LogP contribution < -0.4 is 5.73 Å². The first kappa shape index (κ1) is 10.0. The van der Waals surface area contributed by atoms with E-state index in [0.29, 0.717) is 5.92 Å². The van der Waals surface area contributed by atoms with Crippen LogP contribution in [0.25, 0.3) is 11.1 Å². The lowest BCUT2D eigenvalue weighted by molar-refractivity contribution is 0.499. The zero-order valence-electron chi connectivity index (χ0n) is 9.37. The fraction of sp³-hybridized carbons (Fsp3) is 0.417. The summed E-state index contributed by atoms with van der Waals surface area (Å²) in [6.07, 6.45) is 0.911. The Balaban J connectivity index is 2.68. The predicted octanol–water partition coefficient (Wildman–Crippen LogP) is 3.10. The van der Waals surface area contributed by atoms with Crippen LogP contribution >= 0.6 is 0 Å². The van der Waals surface area contributed by atoms with Crippen molar-refractivity contribution < 1.29 is 4.42 Å². The molecule has 1 aromatic carbocycles. The Morgan fingerprint density at radius 3 is 2.73 bits per heavy atom. The second kappa shape index (κ2) is 3.57. The van der Waals surface area contributed by atoms with Crippen molar-refractivity contribution in [2.24, 2.45) is 0 Å². The number of aryl methyl sites for hydroxylation is 1. The molecule has 80 valence electrons. The molecule has 3 nitrogen and oxygen atoms in total. The molecule has 0 fully saturated rings. The minimum Gasteiger partial charge on any atom is -0.440 e. The van der Waals surface area contributed by atoms with Gasteiger partial charge in [0, 0.05) is 11.6 Å². The second-order valence-electron chi connectivity index (χ2n) is 4.09. The maximum absolute atomic E-state index is 5.80. The third kappa shape index (κ3) is 1.69. The molecular formula is C12H16N2O. The summed E-state index contributed by atoms with van der Waals surface area (Å²) in [5.41, 5.74) is 9.44. The molecule has 0 bridgehead atoms. The number of benzene rings is 1. The zero-order valence-corrected chi connectivity index (χ0v) is 9.37. The van der Waals surface area contributed by atoms with Gasteiger partial charge in [0.05, 0.1) is 0 Å². The molecule has 0 saturated carbocycles. The van der Waals surface area contributed by atoms with Gasteiger partial charge in [-0.05, 0) is 24.1 Å². The monoisotopic (exact) mass is 204 g/mol. The maximum atomic E-state index is 5.80. The minimum atomic E-state index is 0.309. The highest BCUT2D eigenvalue weighted by molar-refractivity contribution is 5.80. The van der Waals surface area contributed by atoms with E-state index in [1.807, 2.05) is 12.1 Å². The van der Waals surface area contributed by atoms with Gasteiger partial charge in [0.1, 0.15) is 5.52 Å². The van der Waals surface area contributed by atoms with Crippen molar-refractivity contribution in [2.75, 3.05) is 5.73 Å². The average molecular weight is 204 g/mol. The largest absolute Gasteiger partial charge is 0.440 e. The van der Waals surface area contributed by atoms with Crippen LogP contribution in [-0.2, 0) is 6.42 Å². The molecule has 0 aliphatic rings. The van der Waals surface area contributed by atoms with Crippen molar-refractivity contribution >= 4 is 16.8 Å². The summed E-state index contributed by atoms with van der Waals surface area (Å²) in [5.74, 6) is 1.09. The molecule has 0 radical (unpaired) electrons. The number of rotatable bonds is 2. The maximum Gasteiger partial charge on any atom is 0.198 e.